The van der Waals surface area contributed by atoms with E-state index in [2.05, 4.69) is 24.1 Å². The Morgan fingerprint density at radius 1 is 1.59 bits per heavy atom. The minimum Gasteiger partial charge on any atom is -0.351 e. The van der Waals surface area contributed by atoms with Crippen molar-refractivity contribution in [3.8, 4) is 0 Å². The van der Waals surface area contributed by atoms with Crippen LogP contribution in [-0.4, -0.2) is 17.4 Å². The fraction of sp³-hybridized carbons (Fsp3) is 0.538. The summed E-state index contributed by atoms with van der Waals surface area (Å²) in [5, 5.41) is 2.82. The van der Waals surface area contributed by atoms with Gasteiger partial charge < -0.3 is 5.32 Å². The van der Waals surface area contributed by atoms with Crippen molar-refractivity contribution in [2.24, 2.45) is 11.3 Å². The average molecular weight is 236 g/mol. The number of amides is 1. The van der Waals surface area contributed by atoms with Gasteiger partial charge >= 0.3 is 0 Å². The van der Waals surface area contributed by atoms with E-state index in [1.54, 1.807) is 0 Å². The Labute approximate surface area is 100 Å². The van der Waals surface area contributed by atoms with Crippen LogP contribution in [0.25, 0.3) is 0 Å². The van der Waals surface area contributed by atoms with Crippen LogP contribution >= 0.6 is 0 Å². The normalized spacial score (nSPS) is 16.9. The van der Waals surface area contributed by atoms with E-state index in [0.717, 1.165) is 19.0 Å². The minimum atomic E-state index is -0.570. The molecule has 1 heterocycles. The van der Waals surface area contributed by atoms with Gasteiger partial charge in [0.1, 0.15) is 0 Å². The average Bonchev–Trinajstić information content (AvgIpc) is 3.07. The number of aromatic nitrogens is 1. The van der Waals surface area contributed by atoms with Crippen LogP contribution in [0, 0.1) is 17.2 Å². The molecule has 4 heteroatoms. The van der Waals surface area contributed by atoms with Gasteiger partial charge in [0, 0.05) is 12.7 Å². The van der Waals surface area contributed by atoms with Crippen molar-refractivity contribution in [1.82, 2.24) is 10.3 Å². The number of rotatable bonds is 4. The molecule has 0 spiro atoms. The van der Waals surface area contributed by atoms with E-state index in [-0.39, 0.29) is 16.9 Å². The molecule has 0 atom stereocenters. The molecule has 1 aliphatic carbocycles. The largest absolute Gasteiger partial charge is 0.351 e. The van der Waals surface area contributed by atoms with Crippen molar-refractivity contribution in [2.45, 2.75) is 26.7 Å². The highest BCUT2D eigenvalue weighted by Crippen LogP contribution is 2.51. The SMILES string of the molecule is CC(C)C1(CNC(=O)c2ccncc2F)CC1. The lowest BCUT2D eigenvalue weighted by atomic mass is 9.92. The molecule has 1 N–H and O–H groups in total. The summed E-state index contributed by atoms with van der Waals surface area (Å²) in [6, 6.07) is 1.40. The third-order valence-electron chi connectivity index (χ3n) is 3.74. The van der Waals surface area contributed by atoms with Crippen LogP contribution in [0.5, 0.6) is 0 Å². The first-order valence-corrected chi connectivity index (χ1v) is 5.93. The standard InChI is InChI=1S/C13H17FN2O/c1-9(2)13(4-5-13)8-16-12(17)10-3-6-15-7-11(10)14/h3,6-7,9H,4-5,8H2,1-2H3,(H,16,17). The predicted octanol–water partition coefficient (Wildman–Crippen LogP) is 2.39. The quantitative estimate of drug-likeness (QED) is 0.872. The van der Waals surface area contributed by atoms with Gasteiger partial charge in [0.15, 0.2) is 5.82 Å². The zero-order valence-electron chi connectivity index (χ0n) is 10.2. The first-order valence-electron chi connectivity index (χ1n) is 5.93. The van der Waals surface area contributed by atoms with Crippen molar-refractivity contribution in [3.63, 3.8) is 0 Å². The van der Waals surface area contributed by atoms with Gasteiger partial charge in [0.05, 0.1) is 11.8 Å². The van der Waals surface area contributed by atoms with Crippen LogP contribution in [0.1, 0.15) is 37.0 Å². The van der Waals surface area contributed by atoms with E-state index in [1.165, 1.54) is 12.3 Å². The zero-order valence-corrected chi connectivity index (χ0v) is 10.2. The number of halogens is 1. The molecule has 0 bridgehead atoms. The molecule has 17 heavy (non-hydrogen) atoms. The van der Waals surface area contributed by atoms with E-state index in [9.17, 15) is 9.18 Å². The summed E-state index contributed by atoms with van der Waals surface area (Å²) in [6.45, 7) is 4.95. The molecular weight excluding hydrogens is 219 g/mol. The first-order chi connectivity index (χ1) is 8.05. The molecule has 1 aliphatic rings. The van der Waals surface area contributed by atoms with Crippen LogP contribution in [-0.2, 0) is 0 Å². The highest BCUT2D eigenvalue weighted by molar-refractivity contribution is 5.94. The molecule has 0 aliphatic heterocycles. The molecule has 1 aromatic heterocycles. The van der Waals surface area contributed by atoms with E-state index < -0.39 is 5.82 Å². The maximum atomic E-state index is 13.3. The second-order valence-electron chi connectivity index (χ2n) is 5.06. The highest BCUT2D eigenvalue weighted by atomic mass is 19.1. The number of carbonyl (C=O) groups is 1. The van der Waals surface area contributed by atoms with Crippen LogP contribution in [0.2, 0.25) is 0 Å². The van der Waals surface area contributed by atoms with Crippen LogP contribution < -0.4 is 5.32 Å². The third-order valence-corrected chi connectivity index (χ3v) is 3.74. The van der Waals surface area contributed by atoms with Crippen molar-refractivity contribution in [1.29, 1.82) is 0 Å². The lowest BCUT2D eigenvalue weighted by Gasteiger charge is -2.20. The second kappa shape index (κ2) is 4.43. The summed E-state index contributed by atoms with van der Waals surface area (Å²) in [6.07, 6.45) is 4.77. The predicted molar refractivity (Wildman–Crippen MR) is 63.0 cm³/mol. The van der Waals surface area contributed by atoms with Crippen LogP contribution in [0.4, 0.5) is 4.39 Å². The molecule has 0 unspecified atom stereocenters. The third kappa shape index (κ3) is 2.46. The lowest BCUT2D eigenvalue weighted by molar-refractivity contribution is 0.0935. The lowest BCUT2D eigenvalue weighted by Crippen LogP contribution is -2.33. The molecule has 1 saturated carbocycles. The molecule has 0 saturated heterocycles. The number of pyridine rings is 1. The fourth-order valence-electron chi connectivity index (χ4n) is 2.03. The second-order valence-corrected chi connectivity index (χ2v) is 5.06. The topological polar surface area (TPSA) is 42.0 Å². The summed E-state index contributed by atoms with van der Waals surface area (Å²) in [5.41, 5.74) is 0.304. The van der Waals surface area contributed by atoms with Crippen LogP contribution in [0.3, 0.4) is 0 Å². The summed E-state index contributed by atoms with van der Waals surface area (Å²) in [4.78, 5) is 15.4. The summed E-state index contributed by atoms with van der Waals surface area (Å²) >= 11 is 0. The van der Waals surface area contributed by atoms with Gasteiger partial charge in [-0.2, -0.15) is 0 Å². The Balaban J connectivity index is 1.97. The molecule has 0 aromatic carbocycles. The summed E-state index contributed by atoms with van der Waals surface area (Å²) < 4.78 is 13.3. The van der Waals surface area contributed by atoms with Crippen LogP contribution in [0.15, 0.2) is 18.5 Å². The van der Waals surface area contributed by atoms with Gasteiger partial charge in [-0.25, -0.2) is 4.39 Å². The van der Waals surface area contributed by atoms with Crippen molar-refractivity contribution in [2.75, 3.05) is 6.54 Å². The van der Waals surface area contributed by atoms with Crippen molar-refractivity contribution in [3.05, 3.63) is 29.8 Å². The van der Waals surface area contributed by atoms with Crippen molar-refractivity contribution >= 4 is 5.91 Å². The zero-order chi connectivity index (χ0) is 12.5. The van der Waals surface area contributed by atoms with Gasteiger partial charge in [0.2, 0.25) is 0 Å². The van der Waals surface area contributed by atoms with Crippen molar-refractivity contribution < 1.29 is 9.18 Å². The minimum absolute atomic E-state index is 0.0690. The highest BCUT2D eigenvalue weighted by Gasteiger charge is 2.45. The summed E-state index contributed by atoms with van der Waals surface area (Å²) in [7, 11) is 0. The van der Waals surface area contributed by atoms with Gasteiger partial charge in [-0.1, -0.05) is 13.8 Å². The van der Waals surface area contributed by atoms with E-state index in [0.29, 0.717) is 12.5 Å². The maximum Gasteiger partial charge on any atom is 0.254 e. The number of nitrogens with zero attached hydrogens (tertiary/aromatic N) is 1. The Bertz CT molecular complexity index is 427. The molecular formula is C13H17FN2O. The smallest absolute Gasteiger partial charge is 0.254 e. The summed E-state index contributed by atoms with van der Waals surface area (Å²) in [5.74, 6) is -0.374. The fourth-order valence-corrected chi connectivity index (χ4v) is 2.03. The van der Waals surface area contributed by atoms with Gasteiger partial charge in [-0.3, -0.25) is 9.78 Å². The molecule has 0 radical (unpaired) electrons. The Morgan fingerprint density at radius 3 is 2.82 bits per heavy atom. The number of carbonyl (C=O) groups excluding carboxylic acids is 1. The van der Waals surface area contributed by atoms with E-state index >= 15 is 0 Å². The Kier molecular flexibility index (Phi) is 3.13. The molecule has 2 rings (SSSR count). The number of nitrogens with one attached hydrogen (secondary N) is 1. The molecule has 92 valence electrons. The van der Waals surface area contributed by atoms with Gasteiger partial charge in [0.25, 0.3) is 5.91 Å². The Hall–Kier alpha value is -1.45. The first kappa shape index (κ1) is 12.0. The Morgan fingerprint density at radius 2 is 2.29 bits per heavy atom. The molecule has 3 nitrogen and oxygen atoms in total. The number of hydrogen-bond acceptors (Lipinski definition) is 2. The van der Waals surface area contributed by atoms with Gasteiger partial charge in [-0.05, 0) is 30.2 Å². The van der Waals surface area contributed by atoms with E-state index in [4.69, 9.17) is 0 Å². The monoisotopic (exact) mass is 236 g/mol. The molecule has 1 aromatic rings. The maximum absolute atomic E-state index is 13.3. The molecule has 1 fully saturated rings. The number of hydrogen-bond donors (Lipinski definition) is 1. The van der Waals surface area contributed by atoms with E-state index in [1.807, 2.05) is 0 Å². The molecule has 1 amide bonds. The van der Waals surface area contributed by atoms with Gasteiger partial charge in [-0.15, -0.1) is 0 Å².